The Morgan fingerprint density at radius 2 is 1.84 bits per heavy atom. The molecule has 6 rings (SSSR count). The van der Waals surface area contributed by atoms with Crippen molar-refractivity contribution in [1.82, 2.24) is 19.9 Å². The summed E-state index contributed by atoms with van der Waals surface area (Å²) in [7, 11) is 0. The summed E-state index contributed by atoms with van der Waals surface area (Å²) in [6.45, 7) is 4.01. The number of nitrogens with zero attached hydrogens (tertiary/aromatic N) is 4. The molecular weight excluding hydrogens is 500 g/mol. The Morgan fingerprint density at radius 1 is 1.05 bits per heavy atom. The Bertz CT molecular complexity index is 1290. The van der Waals surface area contributed by atoms with Gasteiger partial charge in [0.05, 0.1) is 33.8 Å². The first-order valence-corrected chi connectivity index (χ1v) is 14.9. The number of aromatic nitrogens is 4. The van der Waals surface area contributed by atoms with Crippen molar-refractivity contribution in [2.75, 3.05) is 17.2 Å². The molecule has 9 nitrogen and oxygen atoms in total. The third kappa shape index (κ3) is 4.99. The number of fused-ring (bicyclic) bond motifs is 1. The van der Waals surface area contributed by atoms with E-state index in [4.69, 9.17) is 15.0 Å². The van der Waals surface area contributed by atoms with Crippen molar-refractivity contribution in [2.24, 2.45) is 11.8 Å². The molecule has 1 unspecified atom stereocenters. The highest BCUT2D eigenvalue weighted by Gasteiger charge is 2.41. The number of aliphatic hydroxyl groups excluding tert-OH is 3. The van der Waals surface area contributed by atoms with Gasteiger partial charge in [-0.1, -0.05) is 19.3 Å². The Labute approximate surface area is 227 Å². The lowest BCUT2D eigenvalue weighted by Crippen LogP contribution is -2.36. The first-order chi connectivity index (χ1) is 18.4. The molecule has 0 radical (unpaired) electrons. The lowest BCUT2D eigenvalue weighted by molar-refractivity contribution is 0.00446. The van der Waals surface area contributed by atoms with Crippen LogP contribution in [0.3, 0.4) is 0 Å². The largest absolute Gasteiger partial charge is 0.396 e. The lowest BCUT2D eigenvalue weighted by atomic mass is 9.85. The van der Waals surface area contributed by atoms with E-state index in [0.717, 1.165) is 45.0 Å². The molecule has 38 heavy (non-hydrogen) atoms. The molecule has 204 valence electrons. The minimum atomic E-state index is -1.01. The zero-order valence-corrected chi connectivity index (χ0v) is 22.9. The van der Waals surface area contributed by atoms with Crippen LogP contribution in [0.1, 0.15) is 75.6 Å². The summed E-state index contributed by atoms with van der Waals surface area (Å²) in [4.78, 5) is 19.4. The van der Waals surface area contributed by atoms with Gasteiger partial charge in [-0.15, -0.1) is 11.3 Å². The fourth-order valence-electron chi connectivity index (χ4n) is 6.22. The molecule has 10 heteroatoms. The first-order valence-electron chi connectivity index (χ1n) is 14.1. The molecule has 5 N–H and O–H groups in total. The average Bonchev–Trinajstić information content (AvgIpc) is 3.62. The molecule has 0 amide bonds. The smallest absolute Gasteiger partial charge is 0.225 e. The number of hydrogen-bond donors (Lipinski definition) is 5. The van der Waals surface area contributed by atoms with E-state index in [1.165, 1.54) is 32.1 Å². The third-order valence-electron chi connectivity index (χ3n) is 8.68. The van der Waals surface area contributed by atoms with E-state index >= 15 is 0 Å². The number of anilines is 2. The van der Waals surface area contributed by atoms with Crippen LogP contribution in [0.25, 0.3) is 20.8 Å². The molecular formula is C28H38N6O3S. The molecule has 3 saturated carbocycles. The molecule has 3 aliphatic carbocycles. The molecule has 0 bridgehead atoms. The molecule has 3 heterocycles. The summed E-state index contributed by atoms with van der Waals surface area (Å²) in [6.07, 6.45) is 8.91. The molecule has 5 atom stereocenters. The maximum absolute atomic E-state index is 10.8. The van der Waals surface area contributed by atoms with E-state index in [2.05, 4.69) is 22.5 Å². The quantitative estimate of drug-likeness (QED) is 0.285. The Balaban J connectivity index is 1.37. The average molecular weight is 539 g/mol. The number of hydrogen-bond acceptors (Lipinski definition) is 10. The lowest BCUT2D eigenvalue weighted by Gasteiger charge is -2.28. The van der Waals surface area contributed by atoms with Crippen LogP contribution in [-0.2, 0) is 0 Å². The van der Waals surface area contributed by atoms with Crippen molar-refractivity contribution in [2.45, 2.75) is 95.4 Å². The minimum Gasteiger partial charge on any atom is -0.396 e. The number of aliphatic hydroxyl groups is 3. The van der Waals surface area contributed by atoms with E-state index in [9.17, 15) is 15.3 Å². The van der Waals surface area contributed by atoms with Crippen LogP contribution < -0.4 is 10.6 Å². The van der Waals surface area contributed by atoms with Gasteiger partial charge in [0, 0.05) is 30.7 Å². The normalized spacial score (nSPS) is 27.1. The van der Waals surface area contributed by atoms with E-state index in [1.807, 2.05) is 19.2 Å². The van der Waals surface area contributed by atoms with Gasteiger partial charge >= 0.3 is 0 Å². The van der Waals surface area contributed by atoms with E-state index in [-0.39, 0.29) is 18.6 Å². The highest BCUT2D eigenvalue weighted by Crippen LogP contribution is 2.44. The van der Waals surface area contributed by atoms with Crippen LogP contribution in [-0.4, -0.2) is 66.2 Å². The molecule has 0 aromatic carbocycles. The number of pyridine rings is 1. The summed E-state index contributed by atoms with van der Waals surface area (Å²) in [5.41, 5.74) is 3.62. The van der Waals surface area contributed by atoms with Crippen LogP contribution in [0, 0.1) is 18.8 Å². The van der Waals surface area contributed by atoms with Gasteiger partial charge in [0.2, 0.25) is 5.95 Å². The second-order valence-electron chi connectivity index (χ2n) is 11.4. The number of rotatable bonds is 8. The van der Waals surface area contributed by atoms with Gasteiger partial charge in [-0.25, -0.2) is 9.97 Å². The van der Waals surface area contributed by atoms with Crippen molar-refractivity contribution < 1.29 is 15.3 Å². The van der Waals surface area contributed by atoms with Gasteiger partial charge in [-0.3, -0.25) is 4.98 Å². The van der Waals surface area contributed by atoms with Crippen LogP contribution in [0.5, 0.6) is 0 Å². The monoisotopic (exact) mass is 538 g/mol. The zero-order valence-electron chi connectivity index (χ0n) is 22.1. The maximum Gasteiger partial charge on any atom is 0.225 e. The number of aryl methyl sites for hydroxylation is 1. The molecule has 0 saturated heterocycles. The van der Waals surface area contributed by atoms with Gasteiger partial charge in [0.1, 0.15) is 22.4 Å². The Morgan fingerprint density at radius 3 is 2.55 bits per heavy atom. The van der Waals surface area contributed by atoms with Crippen LogP contribution in [0.4, 0.5) is 11.8 Å². The van der Waals surface area contributed by atoms with E-state index in [1.54, 1.807) is 11.3 Å². The minimum absolute atomic E-state index is 0.174. The van der Waals surface area contributed by atoms with Crippen molar-refractivity contribution >= 4 is 33.3 Å². The highest BCUT2D eigenvalue weighted by molar-refractivity contribution is 7.21. The number of nitrogens with one attached hydrogen (secondary N) is 2. The number of thiazole rings is 1. The summed E-state index contributed by atoms with van der Waals surface area (Å²) in [6, 6.07) is 1.81. The predicted molar refractivity (Wildman–Crippen MR) is 149 cm³/mol. The van der Waals surface area contributed by atoms with Gasteiger partial charge in [-0.2, -0.15) is 4.98 Å². The molecule has 3 aromatic heterocycles. The second kappa shape index (κ2) is 10.6. The third-order valence-corrected chi connectivity index (χ3v) is 9.71. The fourth-order valence-corrected chi connectivity index (χ4v) is 7.28. The van der Waals surface area contributed by atoms with Crippen LogP contribution >= 0.6 is 11.3 Å². The highest BCUT2D eigenvalue weighted by atomic mass is 32.1. The SMILES string of the molecule is Cc1nc(N[C@H](C)C2CCCCC2)nc(NC2C[C@H](CO)[C@@H](O)[C@H]2O)c1-c1nc2c(C3CC3)nccc2s1. The van der Waals surface area contributed by atoms with Crippen molar-refractivity contribution in [1.29, 1.82) is 0 Å². The first kappa shape index (κ1) is 25.9. The standard InChI is InChI=1S/C28H38N6O3S/c1-14(16-6-4-3-5-7-16)30-28-31-15(2)21(26(34-28)32-19-12-18(13-35)24(36)25(19)37)27-33-23-20(38-27)10-11-29-22(23)17-8-9-17/h10-11,14,16-19,24-25,35-37H,3-9,12-13H2,1-2H3,(H2,30,31,32,34)/t14-,18-,19?,24-,25+/m1/s1. The summed E-state index contributed by atoms with van der Waals surface area (Å²) in [5.74, 6) is 1.85. The van der Waals surface area contributed by atoms with Crippen LogP contribution in [0.2, 0.25) is 0 Å². The molecule has 0 aliphatic heterocycles. The molecule has 0 spiro atoms. The van der Waals surface area contributed by atoms with Gasteiger partial charge in [-0.05, 0) is 57.9 Å². The fraction of sp³-hybridized carbons (Fsp3) is 0.643. The van der Waals surface area contributed by atoms with Crippen molar-refractivity contribution in [3.8, 4) is 10.6 Å². The van der Waals surface area contributed by atoms with Gasteiger partial charge in [0.15, 0.2) is 0 Å². The topological polar surface area (TPSA) is 136 Å². The van der Waals surface area contributed by atoms with Gasteiger partial charge < -0.3 is 26.0 Å². The summed E-state index contributed by atoms with van der Waals surface area (Å²) >= 11 is 1.60. The van der Waals surface area contributed by atoms with E-state index < -0.39 is 18.2 Å². The molecule has 3 fully saturated rings. The predicted octanol–water partition coefficient (Wildman–Crippen LogP) is 4.23. The molecule has 3 aliphatic rings. The Kier molecular flexibility index (Phi) is 7.24. The summed E-state index contributed by atoms with van der Waals surface area (Å²) in [5, 5.41) is 38.7. The molecule has 3 aromatic rings. The van der Waals surface area contributed by atoms with Gasteiger partial charge in [0.25, 0.3) is 0 Å². The van der Waals surface area contributed by atoms with Crippen molar-refractivity contribution in [3.63, 3.8) is 0 Å². The summed E-state index contributed by atoms with van der Waals surface area (Å²) < 4.78 is 1.09. The second-order valence-corrected chi connectivity index (χ2v) is 12.5. The van der Waals surface area contributed by atoms with E-state index in [0.29, 0.717) is 30.0 Å². The zero-order chi connectivity index (χ0) is 26.4. The van der Waals surface area contributed by atoms with Crippen LogP contribution in [0.15, 0.2) is 12.3 Å². The maximum atomic E-state index is 10.8. The Hall–Kier alpha value is -2.40. The van der Waals surface area contributed by atoms with Crippen molar-refractivity contribution in [3.05, 3.63) is 23.7 Å².